The molecule has 2 fully saturated rings. The minimum atomic E-state index is -0.585. The molecule has 1 aliphatic carbocycles. The summed E-state index contributed by atoms with van der Waals surface area (Å²) in [4.78, 5) is 38.8. The average molecular weight is 461 g/mol. The monoisotopic (exact) mass is 460 g/mol. The second-order valence-electron chi connectivity index (χ2n) is 7.76. The van der Waals surface area contributed by atoms with Crippen molar-refractivity contribution in [3.05, 3.63) is 0 Å². The van der Waals surface area contributed by atoms with Crippen LogP contribution in [0.3, 0.4) is 0 Å². The van der Waals surface area contributed by atoms with E-state index in [9.17, 15) is 14.4 Å². The van der Waals surface area contributed by atoms with E-state index in [2.05, 4.69) is 5.32 Å². The van der Waals surface area contributed by atoms with E-state index in [1.807, 2.05) is 11.8 Å². The number of hydrogen-bond donors (Lipinski definition) is 1. The standard InChI is InChI=1S/C21H36N2O5S2/c1-4-28-20(25)17(14-29-12-13-30-16-8-5-6-9-16)22-15(2)19(24)23-11-7-10-18(23)21(26)27-3/h15-18,22H,4-14H2,1-3H3/t15-,17-,18-/m0/s1. The molecule has 0 bridgehead atoms. The molecule has 1 amide bonds. The van der Waals surface area contributed by atoms with Gasteiger partial charge in [-0.15, -0.1) is 0 Å². The summed E-state index contributed by atoms with van der Waals surface area (Å²) in [6, 6.07) is -1.67. The van der Waals surface area contributed by atoms with Crippen molar-refractivity contribution in [3.8, 4) is 0 Å². The number of thioether (sulfide) groups is 2. The molecule has 2 rings (SSSR count). The van der Waals surface area contributed by atoms with Crippen LogP contribution in [0.15, 0.2) is 0 Å². The lowest BCUT2D eigenvalue weighted by Gasteiger charge is -2.28. The van der Waals surface area contributed by atoms with Gasteiger partial charge in [-0.2, -0.15) is 23.5 Å². The van der Waals surface area contributed by atoms with Gasteiger partial charge in [-0.25, -0.2) is 4.79 Å². The van der Waals surface area contributed by atoms with E-state index < -0.39 is 18.1 Å². The second kappa shape index (κ2) is 13.5. The Morgan fingerprint density at radius 3 is 2.53 bits per heavy atom. The van der Waals surface area contributed by atoms with Gasteiger partial charge >= 0.3 is 11.9 Å². The number of methoxy groups -OCH3 is 1. The van der Waals surface area contributed by atoms with Gasteiger partial charge in [0.25, 0.3) is 0 Å². The molecule has 0 aromatic carbocycles. The van der Waals surface area contributed by atoms with Crippen molar-refractivity contribution in [1.29, 1.82) is 0 Å². The molecule has 1 heterocycles. The highest BCUT2D eigenvalue weighted by Gasteiger charge is 2.37. The Kier molecular flexibility index (Phi) is 11.4. The Hall–Kier alpha value is -0.930. The summed E-state index contributed by atoms with van der Waals surface area (Å²) in [6.45, 7) is 4.35. The van der Waals surface area contributed by atoms with Gasteiger partial charge in [0, 0.05) is 29.1 Å². The summed E-state index contributed by atoms with van der Waals surface area (Å²) in [5.74, 6) is 1.71. The number of hydrogen-bond acceptors (Lipinski definition) is 8. The molecule has 0 radical (unpaired) electrons. The van der Waals surface area contributed by atoms with Gasteiger partial charge in [-0.05, 0) is 39.5 Å². The smallest absolute Gasteiger partial charge is 0.328 e. The molecule has 172 valence electrons. The number of rotatable bonds is 12. The second-order valence-corrected chi connectivity index (χ2v) is 10.3. The highest BCUT2D eigenvalue weighted by atomic mass is 32.2. The summed E-state index contributed by atoms with van der Waals surface area (Å²) >= 11 is 3.74. The van der Waals surface area contributed by atoms with E-state index >= 15 is 0 Å². The zero-order valence-corrected chi connectivity index (χ0v) is 20.0. The minimum Gasteiger partial charge on any atom is -0.467 e. The normalized spacial score (nSPS) is 21.4. The molecule has 3 atom stereocenters. The van der Waals surface area contributed by atoms with Crippen LogP contribution in [0.25, 0.3) is 0 Å². The molecule has 2 aliphatic rings. The third-order valence-corrected chi connectivity index (χ3v) is 8.27. The van der Waals surface area contributed by atoms with E-state index in [-0.39, 0.29) is 17.8 Å². The lowest BCUT2D eigenvalue weighted by Crippen LogP contribution is -2.54. The van der Waals surface area contributed by atoms with Crippen LogP contribution in [0.2, 0.25) is 0 Å². The highest BCUT2D eigenvalue weighted by molar-refractivity contribution is 8.03. The van der Waals surface area contributed by atoms with E-state index in [1.54, 1.807) is 30.5 Å². The maximum Gasteiger partial charge on any atom is 0.328 e. The molecular formula is C21H36N2O5S2. The van der Waals surface area contributed by atoms with Gasteiger partial charge < -0.3 is 14.4 Å². The fourth-order valence-corrected chi connectivity index (χ4v) is 6.48. The van der Waals surface area contributed by atoms with Crippen molar-refractivity contribution in [1.82, 2.24) is 10.2 Å². The fraction of sp³-hybridized carbons (Fsp3) is 0.857. The van der Waals surface area contributed by atoms with Crippen molar-refractivity contribution in [2.24, 2.45) is 0 Å². The summed E-state index contributed by atoms with van der Waals surface area (Å²) in [5, 5.41) is 3.94. The number of nitrogens with one attached hydrogen (secondary N) is 1. The molecule has 7 nitrogen and oxygen atoms in total. The van der Waals surface area contributed by atoms with Crippen LogP contribution >= 0.6 is 23.5 Å². The molecule has 30 heavy (non-hydrogen) atoms. The van der Waals surface area contributed by atoms with Crippen molar-refractivity contribution in [2.45, 2.75) is 75.7 Å². The number of likely N-dealkylation sites (tertiary alicyclic amines) is 1. The molecule has 1 N–H and O–H groups in total. The molecule has 0 aromatic rings. The topological polar surface area (TPSA) is 84.9 Å². The van der Waals surface area contributed by atoms with Crippen LogP contribution in [-0.2, 0) is 23.9 Å². The minimum absolute atomic E-state index is 0.181. The van der Waals surface area contributed by atoms with E-state index in [4.69, 9.17) is 9.47 Å². The third kappa shape index (κ3) is 7.64. The van der Waals surface area contributed by atoms with E-state index in [0.29, 0.717) is 25.3 Å². The lowest BCUT2D eigenvalue weighted by molar-refractivity contribution is -0.152. The fourth-order valence-electron chi connectivity index (χ4n) is 3.99. The van der Waals surface area contributed by atoms with E-state index in [0.717, 1.165) is 23.2 Å². The van der Waals surface area contributed by atoms with Crippen molar-refractivity contribution >= 4 is 41.4 Å². The first-order valence-electron chi connectivity index (χ1n) is 11.0. The number of esters is 2. The van der Waals surface area contributed by atoms with Crippen molar-refractivity contribution in [3.63, 3.8) is 0 Å². The predicted octanol–water partition coefficient (Wildman–Crippen LogP) is 2.47. The molecule has 1 saturated carbocycles. The maximum absolute atomic E-state index is 12.9. The molecule has 9 heteroatoms. The molecule has 1 saturated heterocycles. The SMILES string of the molecule is CCOC(=O)[C@H](CSCCSC1CCCC1)N[C@@H](C)C(=O)N1CCC[C@H]1C(=O)OC. The van der Waals surface area contributed by atoms with Gasteiger partial charge in [0.05, 0.1) is 19.8 Å². The Bertz CT molecular complexity index is 572. The highest BCUT2D eigenvalue weighted by Crippen LogP contribution is 2.29. The summed E-state index contributed by atoms with van der Waals surface area (Å²) in [5.41, 5.74) is 0. The number of nitrogens with zero attached hydrogens (tertiary/aromatic N) is 1. The van der Waals surface area contributed by atoms with E-state index in [1.165, 1.54) is 32.8 Å². The molecule has 0 unspecified atom stereocenters. The van der Waals surface area contributed by atoms with Gasteiger partial charge in [0.2, 0.25) is 5.91 Å². The van der Waals surface area contributed by atoms with Gasteiger partial charge in [-0.1, -0.05) is 12.8 Å². The summed E-state index contributed by atoms with van der Waals surface area (Å²) < 4.78 is 10.0. The summed E-state index contributed by atoms with van der Waals surface area (Å²) in [7, 11) is 1.34. The first kappa shape index (κ1) is 25.3. The zero-order valence-electron chi connectivity index (χ0n) is 18.4. The van der Waals surface area contributed by atoms with Crippen molar-refractivity contribution < 1.29 is 23.9 Å². The Morgan fingerprint density at radius 1 is 1.13 bits per heavy atom. The molecule has 1 aliphatic heterocycles. The van der Waals surface area contributed by atoms with Gasteiger partial charge in [0.15, 0.2) is 0 Å². The van der Waals surface area contributed by atoms with Crippen LogP contribution in [0.4, 0.5) is 0 Å². The van der Waals surface area contributed by atoms with Crippen LogP contribution in [0.5, 0.6) is 0 Å². The average Bonchev–Trinajstić information content (AvgIpc) is 3.43. The van der Waals surface area contributed by atoms with Gasteiger partial charge in [-0.3, -0.25) is 14.9 Å². The molecular weight excluding hydrogens is 424 g/mol. The predicted molar refractivity (Wildman–Crippen MR) is 122 cm³/mol. The van der Waals surface area contributed by atoms with Crippen LogP contribution in [0.1, 0.15) is 52.4 Å². The number of carbonyl (C=O) groups excluding carboxylic acids is 3. The zero-order chi connectivity index (χ0) is 21.9. The summed E-state index contributed by atoms with van der Waals surface area (Å²) in [6.07, 6.45) is 6.73. The lowest BCUT2D eigenvalue weighted by atomic mass is 10.2. The first-order valence-corrected chi connectivity index (χ1v) is 13.2. The quantitative estimate of drug-likeness (QED) is 0.351. The third-order valence-electron chi connectivity index (χ3n) is 5.57. The maximum atomic E-state index is 12.9. The number of amides is 1. The van der Waals surface area contributed by atoms with Crippen LogP contribution < -0.4 is 5.32 Å². The number of ether oxygens (including phenoxy) is 2. The Balaban J connectivity index is 1.83. The van der Waals surface area contributed by atoms with Crippen molar-refractivity contribution in [2.75, 3.05) is 37.5 Å². The Morgan fingerprint density at radius 2 is 1.87 bits per heavy atom. The largest absolute Gasteiger partial charge is 0.467 e. The molecule has 0 spiro atoms. The van der Waals surface area contributed by atoms with Crippen LogP contribution in [0, 0.1) is 0 Å². The number of carbonyl (C=O) groups is 3. The Labute approximate surface area is 188 Å². The van der Waals surface area contributed by atoms with Gasteiger partial charge in [0.1, 0.15) is 12.1 Å². The molecule has 0 aromatic heterocycles. The van der Waals surface area contributed by atoms with Crippen LogP contribution in [-0.4, -0.2) is 83.6 Å². The first-order chi connectivity index (χ1) is 14.5.